The van der Waals surface area contributed by atoms with E-state index in [4.69, 9.17) is 27.9 Å². The minimum absolute atomic E-state index is 0.0724. The van der Waals surface area contributed by atoms with Crippen LogP contribution in [0.2, 0.25) is 5.02 Å². The van der Waals surface area contributed by atoms with Gasteiger partial charge in [0.1, 0.15) is 11.7 Å². The van der Waals surface area contributed by atoms with Gasteiger partial charge < -0.3 is 15.7 Å². The van der Waals surface area contributed by atoms with Crippen molar-refractivity contribution in [2.45, 2.75) is 13.3 Å². The van der Waals surface area contributed by atoms with Crippen LogP contribution in [0.4, 0.5) is 5.82 Å². The van der Waals surface area contributed by atoms with Crippen LogP contribution in [0.25, 0.3) is 0 Å². The van der Waals surface area contributed by atoms with E-state index in [9.17, 15) is 0 Å². The van der Waals surface area contributed by atoms with Crippen LogP contribution < -0.4 is 10.6 Å². The summed E-state index contributed by atoms with van der Waals surface area (Å²) in [6.45, 7) is 3.51. The largest absolute Gasteiger partial charge is 0.396 e. The zero-order chi connectivity index (χ0) is 12.8. The van der Waals surface area contributed by atoms with Crippen molar-refractivity contribution in [3.63, 3.8) is 0 Å². The van der Waals surface area contributed by atoms with Gasteiger partial charge in [0, 0.05) is 31.5 Å². The van der Waals surface area contributed by atoms with Crippen LogP contribution in [0.1, 0.15) is 18.9 Å². The molecule has 4 N–H and O–H groups in total. The highest BCUT2D eigenvalue weighted by Crippen LogP contribution is 2.26. The van der Waals surface area contributed by atoms with Gasteiger partial charge in [0.05, 0.1) is 5.02 Å². The van der Waals surface area contributed by atoms with Gasteiger partial charge in [0.25, 0.3) is 0 Å². The quantitative estimate of drug-likeness (QED) is 0.528. The number of halogens is 1. The lowest BCUT2D eigenvalue weighted by Crippen LogP contribution is -2.26. The van der Waals surface area contributed by atoms with E-state index in [0.717, 1.165) is 6.54 Å². The van der Waals surface area contributed by atoms with E-state index >= 15 is 0 Å². The number of aromatic nitrogens is 1. The number of nitrogens with one attached hydrogen (secondary N) is 1. The van der Waals surface area contributed by atoms with Crippen molar-refractivity contribution in [1.82, 2.24) is 4.98 Å². The fourth-order valence-corrected chi connectivity index (χ4v) is 1.87. The zero-order valence-corrected chi connectivity index (χ0v) is 10.5. The predicted octanol–water partition coefficient (Wildman–Crippen LogP) is 1.23. The Labute approximate surface area is 106 Å². The van der Waals surface area contributed by atoms with Crippen molar-refractivity contribution in [1.29, 1.82) is 5.41 Å². The maximum absolute atomic E-state index is 8.84. The third-order valence-electron chi connectivity index (χ3n) is 2.43. The summed E-state index contributed by atoms with van der Waals surface area (Å²) in [7, 11) is 0. The molecular weight excluding hydrogens is 240 g/mol. The summed E-state index contributed by atoms with van der Waals surface area (Å²) in [4.78, 5) is 6.15. The molecule has 0 aliphatic rings. The second kappa shape index (κ2) is 6.42. The molecule has 1 heterocycles. The number of anilines is 1. The molecule has 94 valence electrons. The maximum atomic E-state index is 8.84. The molecule has 0 radical (unpaired) electrons. The number of aliphatic hydroxyl groups excluding tert-OH is 1. The molecule has 5 nitrogen and oxygen atoms in total. The number of nitrogens with zero attached hydrogens (tertiary/aromatic N) is 2. The van der Waals surface area contributed by atoms with Crippen LogP contribution in [0, 0.1) is 5.41 Å². The van der Waals surface area contributed by atoms with E-state index in [0.29, 0.717) is 29.4 Å². The van der Waals surface area contributed by atoms with Crippen LogP contribution in [0.5, 0.6) is 0 Å². The van der Waals surface area contributed by atoms with E-state index in [1.165, 1.54) is 0 Å². The standard InChI is InChI=1S/C11H17ClN4O/c1-2-16(6-3-7-17)11-9(12)8(10(13)14)4-5-15-11/h4-5,17H,2-3,6-7H2,1H3,(H3,13,14). The van der Waals surface area contributed by atoms with E-state index in [1.807, 2.05) is 11.8 Å². The molecule has 0 saturated carbocycles. The molecule has 0 amide bonds. The Hall–Kier alpha value is -1.33. The molecule has 1 aromatic heterocycles. The number of pyridine rings is 1. The van der Waals surface area contributed by atoms with Gasteiger partial charge in [-0.3, -0.25) is 5.41 Å². The van der Waals surface area contributed by atoms with Crippen LogP contribution in [0.3, 0.4) is 0 Å². The Kier molecular flexibility index (Phi) is 5.18. The first-order valence-electron chi connectivity index (χ1n) is 5.46. The highest BCUT2D eigenvalue weighted by atomic mass is 35.5. The van der Waals surface area contributed by atoms with Crippen LogP contribution >= 0.6 is 11.6 Å². The molecule has 0 saturated heterocycles. The average molecular weight is 257 g/mol. The molecule has 1 aromatic rings. The topological polar surface area (TPSA) is 86.2 Å². The Morgan fingerprint density at radius 3 is 2.88 bits per heavy atom. The lowest BCUT2D eigenvalue weighted by atomic mass is 10.2. The molecular formula is C11H17ClN4O. The Morgan fingerprint density at radius 1 is 1.65 bits per heavy atom. The van der Waals surface area contributed by atoms with Gasteiger partial charge in [0.2, 0.25) is 0 Å². The van der Waals surface area contributed by atoms with Gasteiger partial charge in [-0.15, -0.1) is 0 Å². The van der Waals surface area contributed by atoms with E-state index in [1.54, 1.807) is 12.3 Å². The summed E-state index contributed by atoms with van der Waals surface area (Å²) in [6, 6.07) is 1.62. The summed E-state index contributed by atoms with van der Waals surface area (Å²) >= 11 is 6.17. The van der Waals surface area contributed by atoms with E-state index in [-0.39, 0.29) is 12.4 Å². The van der Waals surface area contributed by atoms with Gasteiger partial charge in [0.15, 0.2) is 0 Å². The SMILES string of the molecule is CCN(CCCO)c1nccc(C(=N)N)c1Cl. The smallest absolute Gasteiger partial charge is 0.148 e. The average Bonchev–Trinajstić information content (AvgIpc) is 2.31. The summed E-state index contributed by atoms with van der Waals surface area (Å²) in [5, 5.41) is 16.6. The van der Waals surface area contributed by atoms with Crippen molar-refractivity contribution in [3.05, 3.63) is 22.8 Å². The summed E-state index contributed by atoms with van der Waals surface area (Å²) in [5.74, 6) is 0.534. The van der Waals surface area contributed by atoms with Crippen LogP contribution in [-0.4, -0.2) is 35.6 Å². The lowest BCUT2D eigenvalue weighted by Gasteiger charge is -2.23. The molecule has 0 spiro atoms. The van der Waals surface area contributed by atoms with Crippen LogP contribution in [-0.2, 0) is 0 Å². The Bertz CT molecular complexity index is 397. The van der Waals surface area contributed by atoms with Crippen molar-refractivity contribution in [2.75, 3.05) is 24.6 Å². The number of amidine groups is 1. The van der Waals surface area contributed by atoms with Gasteiger partial charge >= 0.3 is 0 Å². The number of rotatable bonds is 6. The van der Waals surface area contributed by atoms with Crippen molar-refractivity contribution in [3.8, 4) is 0 Å². The molecule has 0 fully saturated rings. The number of hydrogen-bond acceptors (Lipinski definition) is 4. The molecule has 17 heavy (non-hydrogen) atoms. The predicted molar refractivity (Wildman–Crippen MR) is 69.9 cm³/mol. The third kappa shape index (κ3) is 3.31. The minimum Gasteiger partial charge on any atom is -0.396 e. The molecule has 1 rings (SSSR count). The van der Waals surface area contributed by atoms with Gasteiger partial charge in [-0.05, 0) is 19.4 Å². The van der Waals surface area contributed by atoms with E-state index < -0.39 is 0 Å². The minimum atomic E-state index is -0.0724. The first kappa shape index (κ1) is 13.7. The Morgan fingerprint density at radius 2 is 2.35 bits per heavy atom. The molecule has 6 heteroatoms. The van der Waals surface area contributed by atoms with E-state index in [2.05, 4.69) is 4.98 Å². The fourth-order valence-electron chi connectivity index (χ4n) is 1.54. The first-order valence-corrected chi connectivity index (χ1v) is 5.84. The summed E-state index contributed by atoms with van der Waals surface area (Å²) in [5.41, 5.74) is 5.92. The Balaban J connectivity index is 3.03. The highest BCUT2D eigenvalue weighted by molar-refractivity contribution is 6.36. The molecule has 0 aliphatic carbocycles. The number of nitrogens with two attached hydrogens (primary N) is 1. The number of nitrogen functional groups attached to an aromatic ring is 1. The third-order valence-corrected chi connectivity index (χ3v) is 2.80. The molecule has 0 aliphatic heterocycles. The van der Waals surface area contributed by atoms with Crippen molar-refractivity contribution >= 4 is 23.3 Å². The maximum Gasteiger partial charge on any atom is 0.148 e. The molecule has 0 bridgehead atoms. The van der Waals surface area contributed by atoms with Gasteiger partial charge in [-0.2, -0.15) is 0 Å². The van der Waals surface area contributed by atoms with Gasteiger partial charge in [-0.1, -0.05) is 11.6 Å². The normalized spacial score (nSPS) is 10.3. The van der Waals surface area contributed by atoms with Crippen molar-refractivity contribution < 1.29 is 5.11 Å². The molecule has 0 unspecified atom stereocenters. The summed E-state index contributed by atoms with van der Waals surface area (Å²) < 4.78 is 0. The zero-order valence-electron chi connectivity index (χ0n) is 9.78. The fraction of sp³-hybridized carbons (Fsp3) is 0.455. The number of hydrogen-bond donors (Lipinski definition) is 3. The first-order chi connectivity index (χ1) is 8.11. The monoisotopic (exact) mass is 256 g/mol. The molecule has 0 aromatic carbocycles. The van der Waals surface area contributed by atoms with Crippen molar-refractivity contribution in [2.24, 2.45) is 5.73 Å². The highest BCUT2D eigenvalue weighted by Gasteiger charge is 2.14. The second-order valence-corrected chi connectivity index (χ2v) is 3.94. The number of aliphatic hydroxyl groups is 1. The van der Waals surface area contributed by atoms with Crippen LogP contribution in [0.15, 0.2) is 12.3 Å². The lowest BCUT2D eigenvalue weighted by molar-refractivity contribution is 0.289. The second-order valence-electron chi connectivity index (χ2n) is 3.57. The van der Waals surface area contributed by atoms with Gasteiger partial charge in [-0.25, -0.2) is 4.98 Å². The molecule has 0 atom stereocenters. The summed E-state index contributed by atoms with van der Waals surface area (Å²) in [6.07, 6.45) is 2.23.